The maximum Gasteiger partial charge on any atom is 0.407 e. The van der Waals surface area contributed by atoms with Crippen LogP contribution in [0.1, 0.15) is 68.4 Å². The third-order valence-electron chi connectivity index (χ3n) is 13.8. The van der Waals surface area contributed by atoms with Crippen molar-refractivity contribution in [2.45, 2.75) is 109 Å². The number of hydrogen-bond donors (Lipinski definition) is 7. The molecule has 3 heterocycles. The number of amides is 4. The average molecular weight is 1120 g/mol. The van der Waals surface area contributed by atoms with Gasteiger partial charge < -0.3 is 46.2 Å². The summed E-state index contributed by atoms with van der Waals surface area (Å²) in [7, 11) is 3.71. The number of methoxy groups -OCH3 is 2. The molecule has 2 unspecified atom stereocenters. The van der Waals surface area contributed by atoms with Gasteiger partial charge in [0.25, 0.3) is 5.91 Å². The number of nitrogens with zero attached hydrogens (tertiary/aromatic N) is 4. The topological polar surface area (TPSA) is 214 Å². The van der Waals surface area contributed by atoms with Gasteiger partial charge in [-0.1, -0.05) is 24.0 Å². The molecule has 2 aliphatic heterocycles. The number of pyridine rings is 1. The molecule has 3 aromatic rings. The molecule has 27 heteroatoms. The van der Waals surface area contributed by atoms with Crippen LogP contribution in [0.3, 0.4) is 0 Å². The second-order valence-electron chi connectivity index (χ2n) is 19.8. The number of piperazine rings is 1. The van der Waals surface area contributed by atoms with Crippen molar-refractivity contribution in [1.29, 1.82) is 5.41 Å². The summed E-state index contributed by atoms with van der Waals surface area (Å²) in [6, 6.07) is 4.95. The number of ether oxygens (including phenoxy) is 2. The van der Waals surface area contributed by atoms with Crippen LogP contribution >= 0.6 is 0 Å². The zero-order valence-corrected chi connectivity index (χ0v) is 43.3. The normalized spacial score (nSPS) is 17.7. The Morgan fingerprint density at radius 3 is 1.81 bits per heavy atom. The van der Waals surface area contributed by atoms with Crippen LogP contribution in [0.5, 0.6) is 0 Å². The van der Waals surface area contributed by atoms with Crippen LogP contribution < -0.4 is 31.6 Å². The first-order valence-corrected chi connectivity index (χ1v) is 24.0. The second-order valence-corrected chi connectivity index (χ2v) is 19.8. The lowest BCUT2D eigenvalue weighted by Crippen LogP contribution is -2.63. The molecule has 7 N–H and O–H groups in total. The smallest absolute Gasteiger partial charge is 0.407 e. The summed E-state index contributed by atoms with van der Waals surface area (Å²) >= 11 is 0. The predicted octanol–water partition coefficient (Wildman–Crippen LogP) is 6.39. The van der Waals surface area contributed by atoms with Crippen molar-refractivity contribution in [1.82, 2.24) is 41.6 Å². The van der Waals surface area contributed by atoms with Gasteiger partial charge in [0.2, 0.25) is 5.91 Å². The summed E-state index contributed by atoms with van der Waals surface area (Å²) in [4.78, 5) is 62.0. The summed E-state index contributed by atoms with van der Waals surface area (Å²) in [6.07, 6.45) is -11.2. The molecule has 4 amide bonds. The molecular weight excluding hydrogens is 1050 g/mol. The quantitative estimate of drug-likeness (QED) is 0.0216. The lowest BCUT2D eigenvalue weighted by Gasteiger charge is -2.39. The van der Waals surface area contributed by atoms with Crippen molar-refractivity contribution < 1.29 is 77.7 Å². The Balaban J connectivity index is 1.52. The van der Waals surface area contributed by atoms with E-state index in [1.807, 2.05) is 22.9 Å². The number of aliphatic hydroxyl groups excluding tert-OH is 1. The standard InChI is InChI=1S/C51H60F10N10O7/c1-48(2,50(56,57)58)41(66-46(75)77-6)43(73)65-38(18-29-11-8-28(9-12-29)10-13-30-14-17-40(63-22-30)70-24-33-15-16-34(25-70)69(33)5)39(72)27-71(68-44(74)42(67-47(76)78-7)49(3,4)51(59,60)61)26-35-36(52)19-31(20-37(35)53)32(21-62)23-64-45(54)55/h8-9,11-12,14,17,19-23,33-34,38-39,41-42,45,62,64,72H,15-16,18,24-27H2,1-7H3,(H,65,73)(H,66,75)(H,67,76)(H,68,74)/b32-23+,62-21?/t33?,34?,38-,39-,41+,42+/m0/s1. The number of halogens is 10. The van der Waals surface area contributed by atoms with Crippen molar-refractivity contribution in [2.75, 3.05) is 45.8 Å². The number of rotatable bonds is 20. The number of alkyl carbamates (subject to hydrolysis) is 2. The monoisotopic (exact) mass is 1110 g/mol. The third-order valence-corrected chi connectivity index (χ3v) is 13.8. The number of aliphatic hydroxyl groups is 1. The van der Waals surface area contributed by atoms with E-state index in [0.717, 1.165) is 46.0 Å². The van der Waals surface area contributed by atoms with Gasteiger partial charge in [0.15, 0.2) is 0 Å². The number of alkyl halides is 8. The maximum atomic E-state index is 16.0. The molecule has 0 radical (unpaired) electrons. The molecule has 2 aliphatic rings. The largest absolute Gasteiger partial charge is 0.453 e. The van der Waals surface area contributed by atoms with E-state index in [1.165, 1.54) is 24.3 Å². The van der Waals surface area contributed by atoms with Gasteiger partial charge in [0.1, 0.15) is 29.5 Å². The molecule has 2 aromatic carbocycles. The minimum atomic E-state index is -5.24. The maximum absolute atomic E-state index is 16.0. The highest BCUT2D eigenvalue weighted by molar-refractivity contribution is 6.08. The third kappa shape index (κ3) is 15.3. The molecule has 0 spiro atoms. The van der Waals surface area contributed by atoms with Gasteiger partial charge in [0.05, 0.1) is 37.2 Å². The Kier molecular flexibility index (Phi) is 20.2. The van der Waals surface area contributed by atoms with Gasteiger partial charge in [-0.15, -0.1) is 0 Å². The first-order chi connectivity index (χ1) is 36.4. The van der Waals surface area contributed by atoms with Crippen molar-refractivity contribution >= 4 is 41.6 Å². The Morgan fingerprint density at radius 1 is 0.821 bits per heavy atom. The summed E-state index contributed by atoms with van der Waals surface area (Å²) in [5.74, 6) is 0.600. The number of hydrogen-bond acceptors (Lipinski definition) is 13. The average Bonchev–Trinajstić information content (AvgIpc) is 3.59. The van der Waals surface area contributed by atoms with Gasteiger partial charge in [-0.3, -0.25) is 19.9 Å². The molecule has 0 aliphatic carbocycles. The lowest BCUT2D eigenvalue weighted by molar-refractivity contribution is -0.221. The summed E-state index contributed by atoms with van der Waals surface area (Å²) in [5, 5.41) is 27.5. The number of benzene rings is 2. The zero-order valence-electron chi connectivity index (χ0n) is 43.3. The van der Waals surface area contributed by atoms with E-state index in [9.17, 15) is 59.4 Å². The second kappa shape index (κ2) is 25.5. The fourth-order valence-corrected chi connectivity index (χ4v) is 8.64. The van der Waals surface area contributed by atoms with Crippen LogP contribution in [-0.2, 0) is 32.0 Å². The number of allylic oxidation sites excluding steroid dienone is 1. The van der Waals surface area contributed by atoms with Gasteiger partial charge in [-0.25, -0.2) is 28.4 Å². The highest BCUT2D eigenvalue weighted by atomic mass is 19.4. The Bertz CT molecular complexity index is 2680. The number of carbonyl (C=O) groups excluding carboxylic acids is 4. The molecule has 0 saturated carbocycles. The number of anilines is 1. The fourth-order valence-electron chi connectivity index (χ4n) is 8.64. The molecular formula is C51H60F10N10O7. The minimum absolute atomic E-state index is 0.263. The molecule has 2 saturated heterocycles. The zero-order chi connectivity index (χ0) is 58.1. The van der Waals surface area contributed by atoms with Crippen LogP contribution in [0.4, 0.5) is 59.3 Å². The Labute approximate surface area is 442 Å². The van der Waals surface area contributed by atoms with Gasteiger partial charge in [-0.05, 0) is 102 Å². The van der Waals surface area contributed by atoms with E-state index in [4.69, 9.17) is 5.41 Å². The molecule has 1 aromatic heterocycles. The number of aromatic nitrogens is 1. The number of nitrogens with one attached hydrogen (secondary N) is 6. The SMILES string of the molecule is COC(=O)N[C@H](C(=O)N[C@@H](Cc1ccc(C#Cc2ccc(N3CC4CCC(C3)N4C)nc2)cc1)[C@@H](O)CN(Cc1c(F)cc(/C(C=N)=C/NC(F)F)cc1F)NC(=O)[C@@H](NC(=O)OC)C(C)(C)C(F)(F)F)C(C)(C)C(F)(F)F. The van der Waals surface area contributed by atoms with Crippen molar-refractivity contribution in [3.63, 3.8) is 0 Å². The molecule has 6 atom stereocenters. The van der Waals surface area contributed by atoms with Crippen LogP contribution in [0.15, 0.2) is 60.9 Å². The van der Waals surface area contributed by atoms with Crippen molar-refractivity contribution in [3.8, 4) is 11.8 Å². The summed E-state index contributed by atoms with van der Waals surface area (Å²) < 4.78 is 154. The number of likely N-dealkylation sites (N-methyl/N-ethyl adjacent to an activating group) is 1. The van der Waals surface area contributed by atoms with Gasteiger partial charge in [0, 0.05) is 79.1 Å². The molecule has 78 heavy (non-hydrogen) atoms. The first-order valence-electron chi connectivity index (χ1n) is 24.0. The van der Waals surface area contributed by atoms with Crippen molar-refractivity contribution in [2.24, 2.45) is 10.8 Å². The highest BCUT2D eigenvalue weighted by Crippen LogP contribution is 2.42. The van der Waals surface area contributed by atoms with Gasteiger partial charge in [-0.2, -0.15) is 35.1 Å². The minimum Gasteiger partial charge on any atom is -0.453 e. The van der Waals surface area contributed by atoms with Crippen molar-refractivity contribution in [3.05, 3.63) is 100 Å². The Hall–Kier alpha value is -7.18. The summed E-state index contributed by atoms with van der Waals surface area (Å²) in [5.41, 5.74) is -4.76. The molecule has 2 fully saturated rings. The van der Waals surface area contributed by atoms with E-state index in [2.05, 4.69) is 48.5 Å². The molecule has 17 nitrogen and oxygen atoms in total. The van der Waals surface area contributed by atoms with E-state index in [-0.39, 0.29) is 5.56 Å². The van der Waals surface area contributed by atoms with Gasteiger partial charge >= 0.3 is 31.1 Å². The Morgan fingerprint density at radius 2 is 1.33 bits per heavy atom. The highest BCUT2D eigenvalue weighted by Gasteiger charge is 2.57. The van der Waals surface area contributed by atoms with Crippen LogP contribution in [-0.4, -0.2) is 146 Å². The predicted molar refractivity (Wildman–Crippen MR) is 264 cm³/mol. The number of carbonyl (C=O) groups is 4. The van der Waals surface area contributed by atoms with E-state index in [1.54, 1.807) is 16.8 Å². The molecule has 5 rings (SSSR count). The van der Waals surface area contributed by atoms with Crippen LogP contribution in [0.2, 0.25) is 0 Å². The fraction of sp³-hybridized carbons (Fsp3) is 0.490. The first kappa shape index (κ1) is 61.7. The van der Waals surface area contributed by atoms with E-state index in [0.29, 0.717) is 80.5 Å². The van der Waals surface area contributed by atoms with Crippen LogP contribution in [0, 0.1) is 39.7 Å². The lowest BCUT2D eigenvalue weighted by atomic mass is 9.82. The van der Waals surface area contributed by atoms with E-state index >= 15 is 8.78 Å². The molecule has 2 bridgehead atoms. The van der Waals surface area contributed by atoms with E-state index < -0.39 is 126 Å². The van der Waals surface area contributed by atoms with Crippen LogP contribution in [0.25, 0.3) is 5.57 Å². The summed E-state index contributed by atoms with van der Waals surface area (Å²) in [6.45, 7) is -1.55. The number of fused-ring (bicyclic) bond motifs is 2. The number of hydrazine groups is 1. The molecule has 426 valence electrons.